The van der Waals surface area contributed by atoms with Gasteiger partial charge in [0.15, 0.2) is 0 Å². The number of carbonyl (C=O) groups is 1. The molecule has 110 valence electrons. The standard InChI is InChI=1S/C15H29N3O/c1-12(2)16-7-5-14(6-8-16)17-9-10-18(13(3)4)15(19)11-17/h12-14H,5-11H2,1-4H3. The molecule has 2 rings (SSSR count). The van der Waals surface area contributed by atoms with Crippen LogP contribution < -0.4 is 0 Å². The molecule has 19 heavy (non-hydrogen) atoms. The number of amides is 1. The van der Waals surface area contributed by atoms with Crippen LogP contribution in [0.3, 0.4) is 0 Å². The second-order valence-electron chi connectivity index (χ2n) is 6.51. The average Bonchev–Trinajstić information content (AvgIpc) is 2.38. The lowest BCUT2D eigenvalue weighted by atomic mass is 10.0. The van der Waals surface area contributed by atoms with Gasteiger partial charge in [-0.15, -0.1) is 0 Å². The number of rotatable bonds is 3. The van der Waals surface area contributed by atoms with E-state index in [-0.39, 0.29) is 0 Å². The van der Waals surface area contributed by atoms with Crippen LogP contribution in [0.5, 0.6) is 0 Å². The molecule has 2 heterocycles. The van der Waals surface area contributed by atoms with Crippen LogP contribution in [0.4, 0.5) is 0 Å². The zero-order chi connectivity index (χ0) is 14.0. The van der Waals surface area contributed by atoms with Crippen molar-refractivity contribution in [2.75, 3.05) is 32.7 Å². The molecule has 4 heteroatoms. The second-order valence-corrected chi connectivity index (χ2v) is 6.51. The minimum absolute atomic E-state index is 0.313. The van der Waals surface area contributed by atoms with E-state index in [1.54, 1.807) is 0 Å². The van der Waals surface area contributed by atoms with E-state index in [1.807, 2.05) is 4.90 Å². The van der Waals surface area contributed by atoms with Gasteiger partial charge in [-0.25, -0.2) is 0 Å². The molecule has 0 aromatic heterocycles. The molecule has 0 bridgehead atoms. The van der Waals surface area contributed by atoms with Crippen molar-refractivity contribution in [3.05, 3.63) is 0 Å². The molecule has 0 unspecified atom stereocenters. The van der Waals surface area contributed by atoms with Crippen molar-refractivity contribution in [3.8, 4) is 0 Å². The predicted molar refractivity (Wildman–Crippen MR) is 78.2 cm³/mol. The van der Waals surface area contributed by atoms with Gasteiger partial charge in [0.1, 0.15) is 0 Å². The summed E-state index contributed by atoms with van der Waals surface area (Å²) in [6.07, 6.45) is 2.43. The van der Waals surface area contributed by atoms with Crippen molar-refractivity contribution in [2.45, 2.75) is 58.7 Å². The molecule has 0 aliphatic carbocycles. The van der Waals surface area contributed by atoms with Crippen LogP contribution in [-0.2, 0) is 4.79 Å². The molecule has 0 atom stereocenters. The SMILES string of the molecule is CC(C)N1CCC(N2CCN(C(C)C)C(=O)C2)CC1. The van der Waals surface area contributed by atoms with E-state index in [1.165, 1.54) is 25.9 Å². The maximum absolute atomic E-state index is 12.1. The third-order valence-electron chi connectivity index (χ3n) is 4.66. The number of hydrogen-bond acceptors (Lipinski definition) is 3. The third kappa shape index (κ3) is 3.48. The quantitative estimate of drug-likeness (QED) is 0.773. The van der Waals surface area contributed by atoms with E-state index in [0.29, 0.717) is 30.6 Å². The summed E-state index contributed by atoms with van der Waals surface area (Å²) in [4.78, 5) is 19.1. The smallest absolute Gasteiger partial charge is 0.237 e. The number of piperidine rings is 1. The van der Waals surface area contributed by atoms with Gasteiger partial charge < -0.3 is 9.80 Å². The Hall–Kier alpha value is -0.610. The van der Waals surface area contributed by atoms with Crippen molar-refractivity contribution in [1.29, 1.82) is 0 Å². The van der Waals surface area contributed by atoms with Crippen LogP contribution in [0.25, 0.3) is 0 Å². The van der Waals surface area contributed by atoms with Crippen LogP contribution in [-0.4, -0.2) is 71.5 Å². The number of nitrogens with zero attached hydrogens (tertiary/aromatic N) is 3. The Bertz CT molecular complexity index is 309. The zero-order valence-electron chi connectivity index (χ0n) is 12.9. The Kier molecular flexibility index (Phi) is 4.85. The van der Waals surface area contributed by atoms with Crippen LogP contribution in [0, 0.1) is 0 Å². The van der Waals surface area contributed by atoms with Crippen molar-refractivity contribution >= 4 is 5.91 Å². The first-order chi connectivity index (χ1) is 8.99. The van der Waals surface area contributed by atoms with Gasteiger partial charge in [-0.3, -0.25) is 9.69 Å². The molecule has 1 amide bonds. The zero-order valence-corrected chi connectivity index (χ0v) is 12.9. The van der Waals surface area contributed by atoms with Gasteiger partial charge in [0.2, 0.25) is 5.91 Å². The molecular weight excluding hydrogens is 238 g/mol. The average molecular weight is 267 g/mol. The molecule has 0 aromatic carbocycles. The lowest BCUT2D eigenvalue weighted by molar-refractivity contribution is -0.139. The maximum atomic E-state index is 12.1. The minimum atomic E-state index is 0.313. The van der Waals surface area contributed by atoms with Gasteiger partial charge in [-0.2, -0.15) is 0 Å². The summed E-state index contributed by atoms with van der Waals surface area (Å²) in [6.45, 7) is 13.7. The van der Waals surface area contributed by atoms with E-state index < -0.39 is 0 Å². The van der Waals surface area contributed by atoms with Gasteiger partial charge >= 0.3 is 0 Å². The first-order valence-corrected chi connectivity index (χ1v) is 7.76. The molecule has 4 nitrogen and oxygen atoms in total. The van der Waals surface area contributed by atoms with Gasteiger partial charge in [0.25, 0.3) is 0 Å². The summed E-state index contributed by atoms with van der Waals surface area (Å²) in [7, 11) is 0. The summed E-state index contributed by atoms with van der Waals surface area (Å²) >= 11 is 0. The normalized spacial score (nSPS) is 24.7. The molecule has 0 N–H and O–H groups in total. The van der Waals surface area contributed by atoms with Gasteiger partial charge in [-0.1, -0.05) is 0 Å². The Morgan fingerprint density at radius 1 is 0.947 bits per heavy atom. The number of carbonyl (C=O) groups excluding carboxylic acids is 1. The van der Waals surface area contributed by atoms with E-state index in [0.717, 1.165) is 13.1 Å². The molecule has 0 saturated carbocycles. The molecular formula is C15H29N3O. The van der Waals surface area contributed by atoms with E-state index in [4.69, 9.17) is 0 Å². The Labute approximate surface area is 117 Å². The number of likely N-dealkylation sites (tertiary alicyclic amines) is 1. The minimum Gasteiger partial charge on any atom is -0.338 e. The lowest BCUT2D eigenvalue weighted by Gasteiger charge is -2.44. The number of piperazine rings is 1. The maximum Gasteiger partial charge on any atom is 0.237 e. The van der Waals surface area contributed by atoms with Crippen molar-refractivity contribution in [2.24, 2.45) is 0 Å². The largest absolute Gasteiger partial charge is 0.338 e. The molecule has 0 radical (unpaired) electrons. The van der Waals surface area contributed by atoms with Crippen LogP contribution in [0.1, 0.15) is 40.5 Å². The van der Waals surface area contributed by atoms with E-state index in [9.17, 15) is 4.79 Å². The summed E-state index contributed by atoms with van der Waals surface area (Å²) in [6, 6.07) is 1.62. The predicted octanol–water partition coefficient (Wildman–Crippen LogP) is 1.41. The Balaban J connectivity index is 1.83. The Morgan fingerprint density at radius 2 is 1.58 bits per heavy atom. The summed E-state index contributed by atoms with van der Waals surface area (Å²) in [5.41, 5.74) is 0. The van der Waals surface area contributed by atoms with Gasteiger partial charge in [-0.05, 0) is 53.6 Å². The highest BCUT2D eigenvalue weighted by Gasteiger charge is 2.32. The Morgan fingerprint density at radius 3 is 2.05 bits per heavy atom. The van der Waals surface area contributed by atoms with Crippen molar-refractivity contribution in [1.82, 2.24) is 14.7 Å². The third-order valence-corrected chi connectivity index (χ3v) is 4.66. The fourth-order valence-corrected chi connectivity index (χ4v) is 3.33. The molecule has 0 spiro atoms. The summed E-state index contributed by atoms with van der Waals surface area (Å²) in [5.74, 6) is 0.313. The molecule has 2 aliphatic rings. The molecule has 2 fully saturated rings. The number of hydrogen-bond donors (Lipinski definition) is 0. The topological polar surface area (TPSA) is 26.8 Å². The van der Waals surface area contributed by atoms with Crippen LogP contribution in [0.2, 0.25) is 0 Å². The highest BCUT2D eigenvalue weighted by atomic mass is 16.2. The van der Waals surface area contributed by atoms with Crippen LogP contribution in [0.15, 0.2) is 0 Å². The molecule has 2 saturated heterocycles. The fraction of sp³-hybridized carbons (Fsp3) is 0.933. The highest BCUT2D eigenvalue weighted by molar-refractivity contribution is 5.79. The lowest BCUT2D eigenvalue weighted by Crippen LogP contribution is -2.57. The first kappa shape index (κ1) is 14.8. The molecule has 0 aromatic rings. The van der Waals surface area contributed by atoms with Crippen LogP contribution >= 0.6 is 0 Å². The van der Waals surface area contributed by atoms with Gasteiger partial charge in [0, 0.05) is 31.2 Å². The summed E-state index contributed by atoms with van der Waals surface area (Å²) < 4.78 is 0. The summed E-state index contributed by atoms with van der Waals surface area (Å²) in [5, 5.41) is 0. The van der Waals surface area contributed by atoms with Crippen molar-refractivity contribution < 1.29 is 4.79 Å². The monoisotopic (exact) mass is 267 g/mol. The highest BCUT2D eigenvalue weighted by Crippen LogP contribution is 2.20. The van der Waals surface area contributed by atoms with E-state index in [2.05, 4.69) is 37.5 Å². The molecule has 2 aliphatic heterocycles. The van der Waals surface area contributed by atoms with Gasteiger partial charge in [0.05, 0.1) is 6.54 Å². The first-order valence-electron chi connectivity index (χ1n) is 7.76. The second kappa shape index (κ2) is 6.23. The van der Waals surface area contributed by atoms with Crippen molar-refractivity contribution in [3.63, 3.8) is 0 Å². The van der Waals surface area contributed by atoms with E-state index >= 15 is 0 Å². The fourth-order valence-electron chi connectivity index (χ4n) is 3.33.